The first-order valence-corrected chi connectivity index (χ1v) is 7.20. The monoisotopic (exact) mass is 306 g/mol. The van der Waals surface area contributed by atoms with Crippen LogP contribution in [0.2, 0.25) is 5.02 Å². The highest BCUT2D eigenvalue weighted by Gasteiger charge is 2.25. The van der Waals surface area contributed by atoms with Gasteiger partial charge in [-0.15, -0.1) is 0 Å². The van der Waals surface area contributed by atoms with E-state index in [0.717, 1.165) is 0 Å². The summed E-state index contributed by atoms with van der Waals surface area (Å²) < 4.78 is 6.90. The number of piperidine rings is 1. The van der Waals surface area contributed by atoms with Gasteiger partial charge in [0.25, 0.3) is 0 Å². The Morgan fingerprint density at radius 1 is 1.38 bits per heavy atom. The predicted octanol–water partition coefficient (Wildman–Crippen LogP) is 2.60. The number of likely N-dealkylation sites (tertiary alicyclic amines) is 1. The largest absolute Gasteiger partial charge is 0.420 e. The van der Waals surface area contributed by atoms with E-state index in [4.69, 9.17) is 16.0 Å². The van der Waals surface area contributed by atoms with E-state index in [1.165, 1.54) is 6.08 Å². The van der Waals surface area contributed by atoms with Gasteiger partial charge in [0, 0.05) is 24.2 Å². The number of fused-ring (bicyclic) bond motifs is 1. The van der Waals surface area contributed by atoms with E-state index in [2.05, 4.69) is 6.58 Å². The predicted molar refractivity (Wildman–Crippen MR) is 80.5 cm³/mol. The molecule has 21 heavy (non-hydrogen) atoms. The normalized spacial score (nSPS) is 16.3. The molecule has 0 spiro atoms. The minimum Gasteiger partial charge on any atom is -0.408 e. The molecule has 1 saturated heterocycles. The molecule has 1 fully saturated rings. The summed E-state index contributed by atoms with van der Waals surface area (Å²) in [4.78, 5) is 25.4. The molecule has 0 saturated carbocycles. The summed E-state index contributed by atoms with van der Waals surface area (Å²) in [7, 11) is 0. The van der Waals surface area contributed by atoms with Crippen molar-refractivity contribution in [3.8, 4) is 0 Å². The summed E-state index contributed by atoms with van der Waals surface area (Å²) in [6, 6.07) is 5.16. The Morgan fingerprint density at radius 2 is 2.10 bits per heavy atom. The molecule has 0 aliphatic carbocycles. The van der Waals surface area contributed by atoms with Gasteiger partial charge in [-0.2, -0.15) is 0 Å². The maximum absolute atomic E-state index is 12.1. The molecule has 3 rings (SSSR count). The van der Waals surface area contributed by atoms with Crippen molar-refractivity contribution in [1.82, 2.24) is 9.47 Å². The second kappa shape index (κ2) is 5.41. The number of carbonyl (C=O) groups is 1. The molecule has 2 heterocycles. The van der Waals surface area contributed by atoms with E-state index in [0.29, 0.717) is 42.1 Å². The third kappa shape index (κ3) is 2.49. The third-order valence-electron chi connectivity index (χ3n) is 3.89. The molecule has 0 radical (unpaired) electrons. The maximum Gasteiger partial charge on any atom is 0.420 e. The summed E-state index contributed by atoms with van der Waals surface area (Å²) in [5, 5.41) is 0.566. The molecule has 1 aliphatic rings. The number of benzene rings is 1. The summed E-state index contributed by atoms with van der Waals surface area (Å²) >= 11 is 6.00. The van der Waals surface area contributed by atoms with Gasteiger partial charge in [0.2, 0.25) is 5.91 Å². The zero-order chi connectivity index (χ0) is 15.0. The molecule has 1 aromatic carbocycles. The highest BCUT2D eigenvalue weighted by Crippen LogP contribution is 2.27. The van der Waals surface area contributed by atoms with Crippen molar-refractivity contribution in [3.05, 3.63) is 46.4 Å². The van der Waals surface area contributed by atoms with Crippen LogP contribution in [-0.4, -0.2) is 28.5 Å². The average molecular weight is 307 g/mol. The Labute approximate surface area is 126 Å². The smallest absolute Gasteiger partial charge is 0.408 e. The van der Waals surface area contributed by atoms with E-state index in [1.54, 1.807) is 27.7 Å². The fourth-order valence-electron chi connectivity index (χ4n) is 2.83. The van der Waals surface area contributed by atoms with Crippen LogP contribution >= 0.6 is 11.6 Å². The topological polar surface area (TPSA) is 55.5 Å². The first-order chi connectivity index (χ1) is 10.1. The SMILES string of the molecule is C=CC(=O)N1CCC(n2c(=O)oc3ccc(Cl)cc32)CC1. The van der Waals surface area contributed by atoms with Gasteiger partial charge >= 0.3 is 5.76 Å². The van der Waals surface area contributed by atoms with Gasteiger partial charge < -0.3 is 9.32 Å². The standard InChI is InChI=1S/C15H15ClN2O3/c1-2-14(19)17-7-5-11(6-8-17)18-12-9-10(16)3-4-13(12)21-15(18)20/h2-4,9,11H,1,5-8H2. The molecule has 0 bridgehead atoms. The minimum absolute atomic E-state index is 0.0195. The van der Waals surface area contributed by atoms with Crippen molar-refractivity contribution in [1.29, 1.82) is 0 Å². The summed E-state index contributed by atoms with van der Waals surface area (Å²) in [6.45, 7) is 4.71. The van der Waals surface area contributed by atoms with Crippen LogP contribution in [0.4, 0.5) is 0 Å². The lowest BCUT2D eigenvalue weighted by atomic mass is 10.0. The van der Waals surface area contributed by atoms with Crippen LogP contribution in [0.25, 0.3) is 11.1 Å². The molecule has 1 amide bonds. The Kier molecular flexibility index (Phi) is 3.59. The molecule has 0 unspecified atom stereocenters. The van der Waals surface area contributed by atoms with Gasteiger partial charge in [0.15, 0.2) is 5.58 Å². The average Bonchev–Trinajstić information content (AvgIpc) is 2.82. The molecule has 0 N–H and O–H groups in total. The molecular formula is C15H15ClN2O3. The van der Waals surface area contributed by atoms with Gasteiger partial charge in [-0.1, -0.05) is 18.2 Å². The van der Waals surface area contributed by atoms with Crippen molar-refractivity contribution >= 4 is 28.6 Å². The molecule has 2 aromatic rings. The number of rotatable bonds is 2. The number of nitrogens with zero attached hydrogens (tertiary/aromatic N) is 2. The number of hydrogen-bond acceptors (Lipinski definition) is 3. The van der Waals surface area contributed by atoms with Crippen LogP contribution in [0.15, 0.2) is 40.1 Å². The second-order valence-electron chi connectivity index (χ2n) is 5.11. The van der Waals surface area contributed by atoms with E-state index in [1.807, 2.05) is 0 Å². The molecular weight excluding hydrogens is 292 g/mol. The number of oxazole rings is 1. The van der Waals surface area contributed by atoms with Gasteiger partial charge in [-0.25, -0.2) is 4.79 Å². The Balaban J connectivity index is 1.90. The first kappa shape index (κ1) is 13.9. The molecule has 1 aliphatic heterocycles. The highest BCUT2D eigenvalue weighted by atomic mass is 35.5. The van der Waals surface area contributed by atoms with E-state index in [-0.39, 0.29) is 17.7 Å². The van der Waals surface area contributed by atoms with Crippen LogP contribution < -0.4 is 5.76 Å². The number of carbonyl (C=O) groups excluding carboxylic acids is 1. The Morgan fingerprint density at radius 3 is 2.76 bits per heavy atom. The lowest BCUT2D eigenvalue weighted by Crippen LogP contribution is -2.39. The van der Waals surface area contributed by atoms with Gasteiger partial charge in [0.1, 0.15) is 0 Å². The van der Waals surface area contributed by atoms with Crippen molar-refractivity contribution in [3.63, 3.8) is 0 Å². The van der Waals surface area contributed by atoms with Crippen molar-refractivity contribution < 1.29 is 9.21 Å². The van der Waals surface area contributed by atoms with E-state index in [9.17, 15) is 9.59 Å². The van der Waals surface area contributed by atoms with Crippen LogP contribution in [-0.2, 0) is 4.79 Å². The third-order valence-corrected chi connectivity index (χ3v) is 4.13. The van der Waals surface area contributed by atoms with Gasteiger partial charge in [0.05, 0.1) is 5.52 Å². The molecule has 1 aromatic heterocycles. The maximum atomic E-state index is 12.1. The number of aromatic nitrogens is 1. The van der Waals surface area contributed by atoms with E-state index >= 15 is 0 Å². The fraction of sp³-hybridized carbons (Fsp3) is 0.333. The van der Waals surface area contributed by atoms with E-state index < -0.39 is 0 Å². The Bertz CT molecular complexity index is 754. The van der Waals surface area contributed by atoms with Crippen LogP contribution in [0.5, 0.6) is 0 Å². The number of amides is 1. The summed E-state index contributed by atoms with van der Waals surface area (Å²) in [5.41, 5.74) is 1.25. The zero-order valence-corrected chi connectivity index (χ0v) is 12.2. The molecule has 6 heteroatoms. The minimum atomic E-state index is -0.374. The second-order valence-corrected chi connectivity index (χ2v) is 5.55. The van der Waals surface area contributed by atoms with Crippen molar-refractivity contribution in [2.24, 2.45) is 0 Å². The number of halogens is 1. The molecule has 110 valence electrons. The molecule has 5 nitrogen and oxygen atoms in total. The quantitative estimate of drug-likeness (QED) is 0.801. The van der Waals surface area contributed by atoms with Crippen molar-refractivity contribution in [2.45, 2.75) is 18.9 Å². The lowest BCUT2D eigenvalue weighted by Gasteiger charge is -2.31. The van der Waals surface area contributed by atoms with Gasteiger partial charge in [-0.3, -0.25) is 9.36 Å². The molecule has 0 atom stereocenters. The van der Waals surface area contributed by atoms with Crippen molar-refractivity contribution in [2.75, 3.05) is 13.1 Å². The van der Waals surface area contributed by atoms with Crippen LogP contribution in [0.3, 0.4) is 0 Å². The number of hydrogen-bond donors (Lipinski definition) is 0. The highest BCUT2D eigenvalue weighted by molar-refractivity contribution is 6.31. The fourth-order valence-corrected chi connectivity index (χ4v) is 2.99. The lowest BCUT2D eigenvalue weighted by molar-refractivity contribution is -0.127. The zero-order valence-electron chi connectivity index (χ0n) is 11.4. The first-order valence-electron chi connectivity index (χ1n) is 6.82. The summed E-state index contributed by atoms with van der Waals surface area (Å²) in [6.07, 6.45) is 2.74. The van der Waals surface area contributed by atoms with Gasteiger partial charge in [-0.05, 0) is 37.1 Å². The Hall–Kier alpha value is -2.01. The summed E-state index contributed by atoms with van der Waals surface area (Å²) in [5.74, 6) is -0.443. The van der Waals surface area contributed by atoms with Crippen LogP contribution in [0, 0.1) is 0 Å². The van der Waals surface area contributed by atoms with Crippen LogP contribution in [0.1, 0.15) is 18.9 Å².